The van der Waals surface area contributed by atoms with Crippen LogP contribution < -0.4 is 16.1 Å². The molecule has 1 aromatic heterocycles. The maximum absolute atomic E-state index is 12.0. The first kappa shape index (κ1) is 13.1. The standard InChI is InChI=1S/C13H21N3O2/c1-11-10-12(17)14(2)13(18)16(11)9-5-8-15-6-3-4-7-15/h10H,3-9H2,1-2H3/p+1. The fourth-order valence-electron chi connectivity index (χ4n) is 2.66. The fourth-order valence-corrected chi connectivity index (χ4v) is 2.66. The molecule has 1 fully saturated rings. The van der Waals surface area contributed by atoms with Gasteiger partial charge in [-0.3, -0.25) is 13.9 Å². The van der Waals surface area contributed by atoms with Gasteiger partial charge in [-0.1, -0.05) is 0 Å². The Morgan fingerprint density at radius 3 is 2.61 bits per heavy atom. The molecule has 2 rings (SSSR count). The third-order valence-electron chi connectivity index (χ3n) is 3.83. The monoisotopic (exact) mass is 252 g/mol. The molecule has 1 aromatic rings. The van der Waals surface area contributed by atoms with E-state index in [2.05, 4.69) is 0 Å². The van der Waals surface area contributed by atoms with Crippen LogP contribution in [-0.2, 0) is 13.6 Å². The summed E-state index contributed by atoms with van der Waals surface area (Å²) in [5.74, 6) is 0. The van der Waals surface area contributed by atoms with Gasteiger partial charge < -0.3 is 4.90 Å². The zero-order valence-corrected chi connectivity index (χ0v) is 11.2. The minimum atomic E-state index is -0.223. The second-order valence-corrected chi connectivity index (χ2v) is 5.18. The summed E-state index contributed by atoms with van der Waals surface area (Å²) in [5, 5.41) is 0. The van der Waals surface area contributed by atoms with Gasteiger partial charge in [0, 0.05) is 44.6 Å². The molecule has 0 aliphatic carbocycles. The van der Waals surface area contributed by atoms with Crippen LogP contribution >= 0.6 is 0 Å². The molecule has 0 radical (unpaired) electrons. The number of hydrogen-bond donors (Lipinski definition) is 1. The minimum Gasteiger partial charge on any atom is -0.335 e. The number of nitrogens with zero attached hydrogens (tertiary/aromatic N) is 2. The number of quaternary nitrogens is 1. The highest BCUT2D eigenvalue weighted by Crippen LogP contribution is 1.93. The Labute approximate surface area is 107 Å². The third-order valence-corrected chi connectivity index (χ3v) is 3.83. The number of aromatic nitrogens is 2. The van der Waals surface area contributed by atoms with Crippen molar-refractivity contribution < 1.29 is 4.90 Å². The van der Waals surface area contributed by atoms with Crippen LogP contribution in [0.5, 0.6) is 0 Å². The van der Waals surface area contributed by atoms with Gasteiger partial charge in [0.2, 0.25) is 0 Å². The van der Waals surface area contributed by atoms with E-state index in [0.717, 1.165) is 18.7 Å². The lowest BCUT2D eigenvalue weighted by Crippen LogP contribution is -3.10. The van der Waals surface area contributed by atoms with Crippen LogP contribution in [0.1, 0.15) is 25.0 Å². The Bertz CT molecular complexity index is 524. The zero-order chi connectivity index (χ0) is 13.1. The smallest absolute Gasteiger partial charge is 0.330 e. The number of aryl methyl sites for hydroxylation is 1. The lowest BCUT2D eigenvalue weighted by molar-refractivity contribution is -0.887. The molecule has 5 nitrogen and oxygen atoms in total. The molecular formula is C13H22N3O2+. The number of nitrogens with one attached hydrogen (secondary N) is 1. The maximum atomic E-state index is 12.0. The topological polar surface area (TPSA) is 48.4 Å². The Hall–Kier alpha value is -1.36. The summed E-state index contributed by atoms with van der Waals surface area (Å²) < 4.78 is 2.88. The average molecular weight is 252 g/mol. The first-order chi connectivity index (χ1) is 8.59. The van der Waals surface area contributed by atoms with Crippen molar-refractivity contribution in [2.45, 2.75) is 32.7 Å². The molecule has 0 saturated carbocycles. The molecular weight excluding hydrogens is 230 g/mol. The van der Waals surface area contributed by atoms with Gasteiger partial charge in [-0.05, 0) is 6.92 Å². The Morgan fingerprint density at radius 2 is 1.94 bits per heavy atom. The second kappa shape index (κ2) is 5.52. The quantitative estimate of drug-likeness (QED) is 0.741. The Morgan fingerprint density at radius 1 is 1.28 bits per heavy atom. The molecule has 18 heavy (non-hydrogen) atoms. The summed E-state index contributed by atoms with van der Waals surface area (Å²) in [6, 6.07) is 1.53. The first-order valence-corrected chi connectivity index (χ1v) is 6.70. The molecule has 0 amide bonds. The van der Waals surface area contributed by atoms with Crippen LogP contribution in [0.15, 0.2) is 15.7 Å². The highest BCUT2D eigenvalue weighted by molar-refractivity contribution is 4.99. The molecule has 1 aliphatic rings. The second-order valence-electron chi connectivity index (χ2n) is 5.18. The average Bonchev–Trinajstić information content (AvgIpc) is 2.84. The SMILES string of the molecule is Cc1cc(=O)n(C)c(=O)n1CCC[NH+]1CCCC1. The molecule has 1 N–H and O–H groups in total. The van der Waals surface area contributed by atoms with Crippen molar-refractivity contribution in [3.8, 4) is 0 Å². The molecule has 0 unspecified atom stereocenters. The lowest BCUT2D eigenvalue weighted by atomic mass is 10.3. The fraction of sp³-hybridized carbons (Fsp3) is 0.692. The largest absolute Gasteiger partial charge is 0.335 e. The number of likely N-dealkylation sites (tertiary alicyclic amines) is 1. The molecule has 100 valence electrons. The molecule has 2 heterocycles. The number of rotatable bonds is 4. The molecule has 0 aromatic carbocycles. The van der Waals surface area contributed by atoms with Crippen LogP contribution in [0.25, 0.3) is 0 Å². The van der Waals surface area contributed by atoms with Gasteiger partial charge in [-0.15, -0.1) is 0 Å². The van der Waals surface area contributed by atoms with Gasteiger partial charge in [0.25, 0.3) is 5.56 Å². The van der Waals surface area contributed by atoms with Crippen molar-refractivity contribution in [2.24, 2.45) is 7.05 Å². The van der Waals surface area contributed by atoms with Crippen LogP contribution in [0, 0.1) is 6.92 Å². The van der Waals surface area contributed by atoms with Crippen molar-refractivity contribution in [2.75, 3.05) is 19.6 Å². The van der Waals surface area contributed by atoms with E-state index in [1.165, 1.54) is 43.6 Å². The van der Waals surface area contributed by atoms with Gasteiger partial charge >= 0.3 is 5.69 Å². The summed E-state index contributed by atoms with van der Waals surface area (Å²) in [6.45, 7) is 6.19. The van der Waals surface area contributed by atoms with E-state index in [4.69, 9.17) is 0 Å². The summed E-state index contributed by atoms with van der Waals surface area (Å²) in [5.41, 5.74) is 0.342. The van der Waals surface area contributed by atoms with Crippen molar-refractivity contribution in [1.82, 2.24) is 9.13 Å². The van der Waals surface area contributed by atoms with Crippen LogP contribution in [0.4, 0.5) is 0 Å². The van der Waals surface area contributed by atoms with Gasteiger partial charge in [0.1, 0.15) is 0 Å². The normalized spacial score (nSPS) is 16.3. The summed E-state index contributed by atoms with van der Waals surface area (Å²) in [6.07, 6.45) is 3.65. The molecule has 0 spiro atoms. The Kier molecular flexibility index (Phi) is 4.01. The highest BCUT2D eigenvalue weighted by atomic mass is 16.2. The van der Waals surface area contributed by atoms with Crippen molar-refractivity contribution in [1.29, 1.82) is 0 Å². The predicted molar refractivity (Wildman–Crippen MR) is 70.1 cm³/mol. The summed E-state index contributed by atoms with van der Waals surface area (Å²) in [4.78, 5) is 25.0. The van der Waals surface area contributed by atoms with Crippen molar-refractivity contribution in [3.63, 3.8) is 0 Å². The molecule has 0 bridgehead atoms. The summed E-state index contributed by atoms with van der Waals surface area (Å²) >= 11 is 0. The predicted octanol–water partition coefficient (Wildman–Crippen LogP) is -1.08. The van der Waals surface area contributed by atoms with Crippen LogP contribution in [0.3, 0.4) is 0 Å². The van der Waals surface area contributed by atoms with E-state index in [0.29, 0.717) is 6.54 Å². The first-order valence-electron chi connectivity index (χ1n) is 6.70. The molecule has 5 heteroatoms. The Balaban J connectivity index is 2.03. The molecule has 0 atom stereocenters. The van der Waals surface area contributed by atoms with Gasteiger partial charge in [-0.2, -0.15) is 0 Å². The van der Waals surface area contributed by atoms with Crippen LogP contribution in [-0.4, -0.2) is 28.8 Å². The minimum absolute atomic E-state index is 0.198. The lowest BCUT2D eigenvalue weighted by Gasteiger charge is -2.14. The van der Waals surface area contributed by atoms with Gasteiger partial charge in [0.15, 0.2) is 0 Å². The maximum Gasteiger partial charge on any atom is 0.330 e. The number of hydrogen-bond acceptors (Lipinski definition) is 2. The van der Waals surface area contributed by atoms with E-state index in [9.17, 15) is 9.59 Å². The van der Waals surface area contributed by atoms with Crippen LogP contribution in [0.2, 0.25) is 0 Å². The van der Waals surface area contributed by atoms with Gasteiger partial charge in [-0.25, -0.2) is 4.79 Å². The van der Waals surface area contributed by atoms with E-state index in [-0.39, 0.29) is 11.2 Å². The van der Waals surface area contributed by atoms with E-state index in [1.807, 2.05) is 6.92 Å². The van der Waals surface area contributed by atoms with E-state index >= 15 is 0 Å². The van der Waals surface area contributed by atoms with Crippen molar-refractivity contribution >= 4 is 0 Å². The van der Waals surface area contributed by atoms with E-state index < -0.39 is 0 Å². The van der Waals surface area contributed by atoms with Crippen molar-refractivity contribution in [3.05, 3.63) is 32.6 Å². The molecule has 1 saturated heterocycles. The zero-order valence-electron chi connectivity index (χ0n) is 11.2. The van der Waals surface area contributed by atoms with Gasteiger partial charge in [0.05, 0.1) is 19.6 Å². The third kappa shape index (κ3) is 2.72. The summed E-state index contributed by atoms with van der Waals surface area (Å²) in [7, 11) is 1.53. The van der Waals surface area contributed by atoms with E-state index in [1.54, 1.807) is 9.47 Å². The molecule has 1 aliphatic heterocycles. The highest BCUT2D eigenvalue weighted by Gasteiger charge is 2.14.